The van der Waals surface area contributed by atoms with Gasteiger partial charge in [-0.05, 0) is 62.0 Å². The Balaban J connectivity index is 1.85. The Labute approximate surface area is 154 Å². The summed E-state index contributed by atoms with van der Waals surface area (Å²) in [7, 11) is 1.42. The number of fused-ring (bicyclic) bond motifs is 5. The summed E-state index contributed by atoms with van der Waals surface area (Å²) in [6.45, 7) is 1.60. The van der Waals surface area contributed by atoms with E-state index in [1.807, 2.05) is 6.07 Å². The highest BCUT2D eigenvalue weighted by Gasteiger charge is 2.63. The molecule has 136 valence electrons. The highest BCUT2D eigenvalue weighted by molar-refractivity contribution is 5.81. The Hall–Kier alpha value is -2.15. The number of carbonyl (C=O) groups is 2. The van der Waals surface area contributed by atoms with Gasteiger partial charge in [0, 0.05) is 11.8 Å². The van der Waals surface area contributed by atoms with E-state index in [1.54, 1.807) is 6.92 Å². The van der Waals surface area contributed by atoms with Gasteiger partial charge in [0.05, 0.1) is 24.5 Å². The van der Waals surface area contributed by atoms with Crippen LogP contribution in [0.5, 0.6) is 0 Å². The van der Waals surface area contributed by atoms with Gasteiger partial charge in [0.25, 0.3) is 0 Å². The zero-order chi connectivity index (χ0) is 18.5. The molecule has 1 aromatic carbocycles. The standard InChI is InChI=1S/C22H25NO3/c1-13(24)18-9-10-19-16-8-7-14-5-3-4-6-15(14)20(16)17(21(25)26-2)11-22(18,19)12-23/h3-6,16-20H,7-11H2,1-2H3/t16-,17-,18+,19-,20+,22+/m0/s1. The number of Topliss-reactive ketones (excluding diaryl/α,β-unsaturated/α-hetero) is 1. The number of nitrogens with zero attached hydrogens (tertiary/aromatic N) is 1. The molecule has 4 nitrogen and oxygen atoms in total. The van der Waals surface area contributed by atoms with Gasteiger partial charge in [0.2, 0.25) is 0 Å². The smallest absolute Gasteiger partial charge is 0.309 e. The highest BCUT2D eigenvalue weighted by atomic mass is 16.5. The number of ether oxygens (including phenoxy) is 1. The van der Waals surface area contributed by atoms with Crippen LogP contribution in [-0.4, -0.2) is 18.9 Å². The molecule has 4 heteroatoms. The van der Waals surface area contributed by atoms with Crippen LogP contribution in [0, 0.1) is 40.4 Å². The monoisotopic (exact) mass is 351 g/mol. The van der Waals surface area contributed by atoms with Gasteiger partial charge in [-0.25, -0.2) is 0 Å². The molecular formula is C22H25NO3. The van der Waals surface area contributed by atoms with Gasteiger partial charge < -0.3 is 4.74 Å². The number of aryl methyl sites for hydroxylation is 1. The van der Waals surface area contributed by atoms with Crippen molar-refractivity contribution in [1.29, 1.82) is 5.26 Å². The largest absolute Gasteiger partial charge is 0.469 e. The first kappa shape index (κ1) is 17.3. The van der Waals surface area contributed by atoms with Gasteiger partial charge in [0.15, 0.2) is 0 Å². The minimum atomic E-state index is -0.710. The molecule has 0 aliphatic heterocycles. The van der Waals surface area contributed by atoms with Crippen molar-refractivity contribution in [3.05, 3.63) is 35.4 Å². The molecule has 0 bridgehead atoms. The number of benzene rings is 1. The summed E-state index contributed by atoms with van der Waals surface area (Å²) in [6.07, 6.45) is 4.09. The first-order valence-corrected chi connectivity index (χ1v) is 9.61. The van der Waals surface area contributed by atoms with Crippen molar-refractivity contribution < 1.29 is 14.3 Å². The SMILES string of the molecule is COC(=O)[C@H]1C[C@@]2(C#N)[C@@H](C(C)=O)CC[C@H]2[C@@H]2CCc3ccccc3[C@H]21. The normalized spacial score (nSPS) is 37.7. The number of carbonyl (C=O) groups excluding carboxylic acids is 2. The van der Waals surface area contributed by atoms with Crippen molar-refractivity contribution in [2.45, 2.75) is 44.9 Å². The van der Waals surface area contributed by atoms with E-state index < -0.39 is 5.41 Å². The van der Waals surface area contributed by atoms with E-state index >= 15 is 0 Å². The van der Waals surface area contributed by atoms with E-state index in [2.05, 4.69) is 24.3 Å². The van der Waals surface area contributed by atoms with E-state index in [-0.39, 0.29) is 41.3 Å². The third-order valence-corrected chi connectivity index (χ3v) is 7.38. The molecule has 3 aliphatic rings. The van der Waals surface area contributed by atoms with Crippen molar-refractivity contribution in [1.82, 2.24) is 0 Å². The molecule has 2 fully saturated rings. The Morgan fingerprint density at radius 3 is 2.69 bits per heavy atom. The van der Waals surface area contributed by atoms with Crippen LogP contribution in [0.25, 0.3) is 0 Å². The van der Waals surface area contributed by atoms with Crippen molar-refractivity contribution in [2.75, 3.05) is 7.11 Å². The molecule has 2 saturated carbocycles. The van der Waals surface area contributed by atoms with Crippen molar-refractivity contribution in [3.8, 4) is 6.07 Å². The average Bonchev–Trinajstić information content (AvgIpc) is 3.06. The van der Waals surface area contributed by atoms with E-state index in [0.29, 0.717) is 6.42 Å². The number of methoxy groups -OCH3 is 1. The molecule has 0 heterocycles. The van der Waals surface area contributed by atoms with Gasteiger partial charge >= 0.3 is 5.97 Å². The molecule has 0 amide bonds. The fourth-order valence-electron chi connectivity index (χ4n) is 6.44. The summed E-state index contributed by atoms with van der Waals surface area (Å²) in [5.74, 6) is -0.173. The lowest BCUT2D eigenvalue weighted by Gasteiger charge is -2.51. The maximum atomic E-state index is 12.7. The van der Waals surface area contributed by atoms with Crippen LogP contribution in [0.3, 0.4) is 0 Å². The number of ketones is 1. The molecular weight excluding hydrogens is 326 g/mol. The van der Waals surface area contributed by atoms with Crippen LogP contribution in [-0.2, 0) is 20.7 Å². The predicted octanol–water partition coefficient (Wildman–Crippen LogP) is 3.65. The fourth-order valence-corrected chi connectivity index (χ4v) is 6.44. The van der Waals surface area contributed by atoms with Crippen LogP contribution in [0.2, 0.25) is 0 Å². The molecule has 1 aromatic rings. The van der Waals surface area contributed by atoms with E-state index in [4.69, 9.17) is 4.74 Å². The molecule has 0 unspecified atom stereocenters. The second-order valence-electron chi connectivity index (χ2n) is 8.26. The molecule has 0 aromatic heterocycles. The van der Waals surface area contributed by atoms with Crippen molar-refractivity contribution in [3.63, 3.8) is 0 Å². The average molecular weight is 351 g/mol. The number of rotatable bonds is 2. The first-order valence-electron chi connectivity index (χ1n) is 9.61. The summed E-state index contributed by atoms with van der Waals surface area (Å²) in [5, 5.41) is 10.2. The third kappa shape index (κ3) is 2.26. The summed E-state index contributed by atoms with van der Waals surface area (Å²) in [6, 6.07) is 10.9. The maximum absolute atomic E-state index is 12.7. The van der Waals surface area contributed by atoms with Gasteiger partial charge in [-0.3, -0.25) is 9.59 Å². The topological polar surface area (TPSA) is 67.2 Å². The summed E-state index contributed by atoms with van der Waals surface area (Å²) in [5.41, 5.74) is 1.85. The Morgan fingerprint density at radius 2 is 2.00 bits per heavy atom. The zero-order valence-electron chi connectivity index (χ0n) is 15.4. The van der Waals surface area contributed by atoms with Crippen molar-refractivity contribution >= 4 is 11.8 Å². The molecule has 0 saturated heterocycles. The van der Waals surface area contributed by atoms with Gasteiger partial charge in [-0.1, -0.05) is 24.3 Å². The summed E-state index contributed by atoms with van der Waals surface area (Å²) < 4.78 is 5.15. The second kappa shape index (κ2) is 6.23. The lowest BCUT2D eigenvalue weighted by atomic mass is 9.50. The van der Waals surface area contributed by atoms with Gasteiger partial charge in [0.1, 0.15) is 5.78 Å². The van der Waals surface area contributed by atoms with Crippen molar-refractivity contribution in [2.24, 2.45) is 29.1 Å². The van der Waals surface area contributed by atoms with Crippen LogP contribution < -0.4 is 0 Å². The van der Waals surface area contributed by atoms with Gasteiger partial charge in [-0.15, -0.1) is 0 Å². The second-order valence-corrected chi connectivity index (χ2v) is 8.26. The fraction of sp³-hybridized carbons (Fsp3) is 0.591. The quantitative estimate of drug-likeness (QED) is 0.763. The Kier molecular flexibility index (Phi) is 4.14. The minimum Gasteiger partial charge on any atom is -0.469 e. The Morgan fingerprint density at radius 1 is 1.23 bits per heavy atom. The molecule has 4 rings (SSSR count). The lowest BCUT2D eigenvalue weighted by molar-refractivity contribution is -0.152. The molecule has 26 heavy (non-hydrogen) atoms. The number of hydrogen-bond donors (Lipinski definition) is 0. The minimum absolute atomic E-state index is 0.0901. The predicted molar refractivity (Wildman–Crippen MR) is 96.1 cm³/mol. The van der Waals surface area contributed by atoms with Crippen LogP contribution in [0.15, 0.2) is 24.3 Å². The number of esters is 1. The Bertz CT molecular complexity index is 795. The van der Waals surface area contributed by atoms with Crippen LogP contribution in [0.4, 0.5) is 0 Å². The third-order valence-electron chi connectivity index (χ3n) is 7.38. The van der Waals surface area contributed by atoms with Crippen LogP contribution in [0.1, 0.15) is 49.7 Å². The first-order chi connectivity index (χ1) is 12.5. The molecule has 0 radical (unpaired) electrons. The molecule has 0 N–H and O–H groups in total. The zero-order valence-corrected chi connectivity index (χ0v) is 15.4. The summed E-state index contributed by atoms with van der Waals surface area (Å²) in [4.78, 5) is 25.0. The summed E-state index contributed by atoms with van der Waals surface area (Å²) >= 11 is 0. The van der Waals surface area contributed by atoms with Gasteiger partial charge in [-0.2, -0.15) is 5.26 Å². The molecule has 0 spiro atoms. The van der Waals surface area contributed by atoms with E-state index in [0.717, 1.165) is 25.7 Å². The number of hydrogen-bond acceptors (Lipinski definition) is 4. The molecule has 6 atom stereocenters. The highest BCUT2D eigenvalue weighted by Crippen LogP contribution is 2.64. The van der Waals surface area contributed by atoms with E-state index in [9.17, 15) is 14.9 Å². The van der Waals surface area contributed by atoms with E-state index in [1.165, 1.54) is 18.2 Å². The number of nitriles is 1. The maximum Gasteiger partial charge on any atom is 0.309 e. The lowest BCUT2D eigenvalue weighted by Crippen LogP contribution is -2.50. The molecule has 3 aliphatic carbocycles. The van der Waals surface area contributed by atoms with Crippen LogP contribution >= 0.6 is 0 Å².